The van der Waals surface area contributed by atoms with Gasteiger partial charge in [-0.1, -0.05) is 29.3 Å². The maximum atomic E-state index is 12.9. The third-order valence-electron chi connectivity index (χ3n) is 4.04. The number of amides is 1. The van der Waals surface area contributed by atoms with E-state index in [1.54, 1.807) is 24.3 Å². The average Bonchev–Trinajstić information content (AvgIpc) is 2.59. The molecule has 0 radical (unpaired) electrons. The van der Waals surface area contributed by atoms with E-state index in [1.807, 2.05) is 6.92 Å². The van der Waals surface area contributed by atoms with Crippen molar-refractivity contribution in [3.63, 3.8) is 0 Å². The molecule has 0 unspecified atom stereocenters. The zero-order valence-corrected chi connectivity index (χ0v) is 17.3. The van der Waals surface area contributed by atoms with Gasteiger partial charge in [-0.25, -0.2) is 8.42 Å². The molecule has 0 saturated heterocycles. The first kappa shape index (κ1) is 23.0. The highest BCUT2D eigenvalue weighted by Crippen LogP contribution is 2.36. The Morgan fingerprint density at radius 1 is 1.14 bits per heavy atom. The lowest BCUT2D eigenvalue weighted by Crippen LogP contribution is -2.31. The molecule has 10 heteroatoms. The van der Waals surface area contributed by atoms with E-state index >= 15 is 0 Å². The molecule has 0 aliphatic carbocycles. The standard InChI is InChI=1S/C19H20ClF3N2O3S/c1-13-5-8-15(9-6-13)25(29(2,27)28)11-3-4-18(26)24-14-7-10-17(20)16(12-14)19(21,22)23/h5-10,12H,3-4,11H2,1-2H3,(H,24,26). The molecule has 29 heavy (non-hydrogen) atoms. The number of halogens is 4. The molecule has 0 aliphatic rings. The van der Waals surface area contributed by atoms with Crippen LogP contribution in [0, 0.1) is 6.92 Å². The summed E-state index contributed by atoms with van der Waals surface area (Å²) in [5, 5.41) is 1.92. The van der Waals surface area contributed by atoms with Crippen LogP contribution in [0.4, 0.5) is 24.5 Å². The summed E-state index contributed by atoms with van der Waals surface area (Å²) < 4.78 is 64.0. The highest BCUT2D eigenvalue weighted by Gasteiger charge is 2.33. The number of aryl methyl sites for hydroxylation is 1. The normalized spacial score (nSPS) is 11.9. The highest BCUT2D eigenvalue weighted by molar-refractivity contribution is 7.92. The first-order chi connectivity index (χ1) is 13.4. The number of anilines is 2. The number of hydrogen-bond acceptors (Lipinski definition) is 3. The van der Waals surface area contributed by atoms with Gasteiger partial charge in [-0.3, -0.25) is 9.10 Å². The fourth-order valence-corrected chi connectivity index (χ4v) is 3.81. The van der Waals surface area contributed by atoms with Crippen LogP contribution in [-0.4, -0.2) is 27.1 Å². The zero-order valence-electron chi connectivity index (χ0n) is 15.8. The highest BCUT2D eigenvalue weighted by atomic mass is 35.5. The number of benzene rings is 2. The lowest BCUT2D eigenvalue weighted by molar-refractivity contribution is -0.137. The first-order valence-electron chi connectivity index (χ1n) is 8.59. The van der Waals surface area contributed by atoms with Crippen LogP contribution >= 0.6 is 11.6 Å². The van der Waals surface area contributed by atoms with Gasteiger partial charge in [-0.05, 0) is 43.7 Å². The van der Waals surface area contributed by atoms with Crippen LogP contribution in [0.15, 0.2) is 42.5 Å². The van der Waals surface area contributed by atoms with Gasteiger partial charge in [-0.2, -0.15) is 13.2 Å². The van der Waals surface area contributed by atoms with Crippen LogP contribution in [-0.2, 0) is 21.0 Å². The van der Waals surface area contributed by atoms with E-state index in [-0.39, 0.29) is 25.1 Å². The van der Waals surface area contributed by atoms with E-state index in [4.69, 9.17) is 11.6 Å². The van der Waals surface area contributed by atoms with E-state index in [2.05, 4.69) is 5.32 Å². The van der Waals surface area contributed by atoms with Crippen molar-refractivity contribution < 1.29 is 26.4 Å². The Morgan fingerprint density at radius 2 is 1.76 bits per heavy atom. The predicted molar refractivity (Wildman–Crippen MR) is 108 cm³/mol. The number of hydrogen-bond donors (Lipinski definition) is 1. The van der Waals surface area contributed by atoms with Gasteiger partial charge in [0.05, 0.1) is 22.5 Å². The van der Waals surface area contributed by atoms with Crippen molar-refractivity contribution in [1.82, 2.24) is 0 Å². The summed E-state index contributed by atoms with van der Waals surface area (Å²) in [4.78, 5) is 12.1. The van der Waals surface area contributed by atoms with Crippen LogP contribution in [0.3, 0.4) is 0 Å². The average molecular weight is 449 g/mol. The Hall–Kier alpha value is -2.26. The molecular formula is C19H20ClF3N2O3S. The molecule has 0 bridgehead atoms. The smallest absolute Gasteiger partial charge is 0.326 e. The van der Waals surface area contributed by atoms with Crippen LogP contribution < -0.4 is 9.62 Å². The summed E-state index contributed by atoms with van der Waals surface area (Å²) in [6, 6.07) is 9.98. The SMILES string of the molecule is Cc1ccc(N(CCCC(=O)Nc2ccc(Cl)c(C(F)(F)F)c2)S(C)(=O)=O)cc1. The number of rotatable bonds is 7. The second-order valence-corrected chi connectivity index (χ2v) is 8.83. The van der Waals surface area contributed by atoms with Gasteiger partial charge >= 0.3 is 6.18 Å². The summed E-state index contributed by atoms with van der Waals surface area (Å²) in [7, 11) is -3.55. The number of carbonyl (C=O) groups is 1. The van der Waals surface area contributed by atoms with Crippen molar-refractivity contribution in [2.45, 2.75) is 25.9 Å². The number of sulfonamides is 1. The maximum Gasteiger partial charge on any atom is 0.417 e. The predicted octanol–water partition coefficient (Wildman–Crippen LogP) is 4.85. The van der Waals surface area contributed by atoms with E-state index in [0.717, 1.165) is 24.0 Å². The molecule has 2 rings (SSSR count). The van der Waals surface area contributed by atoms with Gasteiger partial charge in [0, 0.05) is 18.7 Å². The summed E-state index contributed by atoms with van der Waals surface area (Å²) in [6.07, 6.45) is -3.45. The molecular weight excluding hydrogens is 429 g/mol. The monoisotopic (exact) mass is 448 g/mol. The Kier molecular flexibility index (Phi) is 7.18. The fourth-order valence-electron chi connectivity index (χ4n) is 2.62. The van der Waals surface area contributed by atoms with E-state index in [1.165, 1.54) is 10.4 Å². The third kappa shape index (κ3) is 6.64. The Bertz CT molecular complexity index is 977. The van der Waals surface area contributed by atoms with E-state index in [0.29, 0.717) is 5.69 Å². The Balaban J connectivity index is 2.00. The molecule has 0 aromatic heterocycles. The van der Waals surface area contributed by atoms with Crippen LogP contribution in [0.1, 0.15) is 24.0 Å². The van der Waals surface area contributed by atoms with Crippen molar-refractivity contribution in [2.75, 3.05) is 22.4 Å². The first-order valence-corrected chi connectivity index (χ1v) is 10.8. The molecule has 0 heterocycles. The Labute approximate surface area is 172 Å². The molecule has 158 valence electrons. The molecule has 2 aromatic carbocycles. The lowest BCUT2D eigenvalue weighted by Gasteiger charge is -2.22. The molecule has 0 saturated carbocycles. The molecule has 2 aromatic rings. The third-order valence-corrected chi connectivity index (χ3v) is 5.57. The number of carbonyl (C=O) groups excluding carboxylic acids is 1. The molecule has 0 atom stereocenters. The fraction of sp³-hybridized carbons (Fsp3) is 0.316. The topological polar surface area (TPSA) is 66.5 Å². The summed E-state index contributed by atoms with van der Waals surface area (Å²) in [5.41, 5.74) is 0.374. The number of nitrogens with one attached hydrogen (secondary N) is 1. The zero-order chi connectivity index (χ0) is 21.8. The number of alkyl halides is 3. The van der Waals surface area contributed by atoms with Gasteiger partial charge in [0.15, 0.2) is 0 Å². The largest absolute Gasteiger partial charge is 0.417 e. The van der Waals surface area contributed by atoms with Gasteiger partial charge in [0.2, 0.25) is 15.9 Å². The van der Waals surface area contributed by atoms with Crippen molar-refractivity contribution in [1.29, 1.82) is 0 Å². The minimum absolute atomic E-state index is 0.0368. The molecule has 5 nitrogen and oxygen atoms in total. The minimum atomic E-state index is -4.64. The summed E-state index contributed by atoms with van der Waals surface area (Å²) >= 11 is 5.55. The van der Waals surface area contributed by atoms with Crippen LogP contribution in [0.5, 0.6) is 0 Å². The molecule has 1 N–H and O–H groups in total. The van der Waals surface area contributed by atoms with Gasteiger partial charge in [-0.15, -0.1) is 0 Å². The van der Waals surface area contributed by atoms with Crippen molar-refractivity contribution in [3.05, 3.63) is 58.6 Å². The van der Waals surface area contributed by atoms with Crippen LogP contribution in [0.25, 0.3) is 0 Å². The second kappa shape index (κ2) is 9.04. The van der Waals surface area contributed by atoms with Crippen molar-refractivity contribution >= 4 is 38.9 Å². The summed E-state index contributed by atoms with van der Waals surface area (Å²) in [5.74, 6) is -0.530. The quantitative estimate of drug-likeness (QED) is 0.658. The molecule has 1 amide bonds. The van der Waals surface area contributed by atoms with Crippen molar-refractivity contribution in [3.8, 4) is 0 Å². The van der Waals surface area contributed by atoms with Crippen LogP contribution in [0.2, 0.25) is 5.02 Å². The van der Waals surface area contributed by atoms with E-state index in [9.17, 15) is 26.4 Å². The van der Waals surface area contributed by atoms with Gasteiger partial charge < -0.3 is 5.32 Å². The summed E-state index contributed by atoms with van der Waals surface area (Å²) in [6.45, 7) is 1.93. The molecule has 0 aliphatic heterocycles. The van der Waals surface area contributed by atoms with E-state index < -0.39 is 32.7 Å². The lowest BCUT2D eigenvalue weighted by atomic mass is 10.2. The van der Waals surface area contributed by atoms with Crippen molar-refractivity contribution in [2.24, 2.45) is 0 Å². The Morgan fingerprint density at radius 3 is 2.31 bits per heavy atom. The second-order valence-electron chi connectivity index (χ2n) is 6.51. The molecule has 0 fully saturated rings. The minimum Gasteiger partial charge on any atom is -0.326 e. The van der Waals surface area contributed by atoms with Gasteiger partial charge in [0.25, 0.3) is 0 Å². The maximum absolute atomic E-state index is 12.9. The van der Waals surface area contributed by atoms with Gasteiger partial charge in [0.1, 0.15) is 0 Å². The number of nitrogens with zero attached hydrogens (tertiary/aromatic N) is 1. The molecule has 0 spiro atoms.